The lowest BCUT2D eigenvalue weighted by atomic mass is 9.41. The molecule has 8 heteroatoms. The van der Waals surface area contributed by atoms with E-state index in [1.165, 1.54) is 16.5 Å². The highest BCUT2D eigenvalue weighted by molar-refractivity contribution is 5.97. The maximum Gasteiger partial charge on any atom is 0.410 e. The van der Waals surface area contributed by atoms with Crippen LogP contribution in [0.1, 0.15) is 76.6 Å². The topological polar surface area (TPSA) is 101 Å². The molecular weight excluding hydrogens is 604 g/mol. The zero-order chi connectivity index (χ0) is 33.3. The van der Waals surface area contributed by atoms with E-state index in [1.807, 2.05) is 26.0 Å². The Bertz CT molecular complexity index is 1860. The molecule has 3 aliphatic carbocycles. The fraction of sp³-hybridized carbons (Fsp3) is 0.550. The van der Waals surface area contributed by atoms with Crippen molar-refractivity contribution in [2.45, 2.75) is 107 Å². The maximum atomic E-state index is 14.1. The van der Waals surface area contributed by atoms with Gasteiger partial charge in [0.15, 0.2) is 17.7 Å². The first-order valence-electron chi connectivity index (χ1n) is 17.9. The molecule has 2 N–H and O–H groups in total. The monoisotopic (exact) mass is 650 g/mol. The summed E-state index contributed by atoms with van der Waals surface area (Å²) in [6, 6.07) is 18.9. The molecule has 7 atom stereocenters. The average molecular weight is 651 g/mol. The molecule has 1 spiro atoms. The van der Waals surface area contributed by atoms with Gasteiger partial charge in [0.1, 0.15) is 17.3 Å². The molecule has 2 saturated carbocycles. The standard InChI is InChI=1S/C40H46N2O6/c1-36(2)34-30(43)23-31-39(47-34,48-36)17-16-37(3)38(4)26(21-28-27-12-8-9-13-29(27)41-33(28)38)22-32(40(31,37)45)46-35(44)42-18-14-25(15-19-42)20-24-10-6-5-7-11-24/h5-13,23,25-26,32,34,41,45H,14-22H2,1-4H3/t26-,32?,34+,37-,38-,39+,40+/m1/s1. The van der Waals surface area contributed by atoms with E-state index in [0.717, 1.165) is 36.9 Å². The molecule has 9 rings (SSSR count). The summed E-state index contributed by atoms with van der Waals surface area (Å²) >= 11 is 0. The van der Waals surface area contributed by atoms with Crippen molar-refractivity contribution in [2.24, 2.45) is 17.3 Å². The van der Waals surface area contributed by atoms with Crippen molar-refractivity contribution in [2.75, 3.05) is 13.1 Å². The van der Waals surface area contributed by atoms with E-state index in [-0.39, 0.29) is 11.7 Å². The van der Waals surface area contributed by atoms with Crippen LogP contribution in [0.4, 0.5) is 4.79 Å². The van der Waals surface area contributed by atoms with Crippen LogP contribution in [0.3, 0.4) is 0 Å². The average Bonchev–Trinajstić information content (AvgIpc) is 3.66. The van der Waals surface area contributed by atoms with Gasteiger partial charge in [-0.05, 0) is 87.5 Å². The minimum Gasteiger partial charge on any atom is -0.443 e. The smallest absolute Gasteiger partial charge is 0.410 e. The molecule has 1 amide bonds. The summed E-state index contributed by atoms with van der Waals surface area (Å²) in [6.45, 7) is 9.40. The lowest BCUT2D eigenvalue weighted by Gasteiger charge is -2.67. The van der Waals surface area contributed by atoms with E-state index in [9.17, 15) is 14.7 Å². The minimum absolute atomic E-state index is 0.117. The fourth-order valence-corrected chi connectivity index (χ4v) is 11.0. The number of carbonyl (C=O) groups excluding carboxylic acids is 2. The number of aromatic amines is 1. The van der Waals surface area contributed by atoms with Crippen molar-refractivity contribution in [3.63, 3.8) is 0 Å². The van der Waals surface area contributed by atoms with Crippen LogP contribution in [-0.2, 0) is 37.3 Å². The van der Waals surface area contributed by atoms with Gasteiger partial charge in [-0.3, -0.25) is 4.79 Å². The largest absolute Gasteiger partial charge is 0.443 e. The van der Waals surface area contributed by atoms with Gasteiger partial charge in [0.25, 0.3) is 0 Å². The van der Waals surface area contributed by atoms with E-state index in [4.69, 9.17) is 14.2 Å². The molecular formula is C40H46N2O6. The zero-order valence-corrected chi connectivity index (χ0v) is 28.4. The second-order valence-corrected chi connectivity index (χ2v) is 16.4. The van der Waals surface area contributed by atoms with Gasteiger partial charge < -0.3 is 29.2 Å². The van der Waals surface area contributed by atoms with Gasteiger partial charge in [0, 0.05) is 52.5 Å². The van der Waals surface area contributed by atoms with Gasteiger partial charge in [-0.15, -0.1) is 0 Å². The number of likely N-dealkylation sites (tertiary alicyclic amines) is 1. The molecule has 2 bridgehead atoms. The van der Waals surface area contributed by atoms with E-state index in [2.05, 4.69) is 61.3 Å². The number of ether oxygens (including phenoxy) is 3. The summed E-state index contributed by atoms with van der Waals surface area (Å²) in [6.07, 6.45) is 4.72. The molecule has 4 heterocycles. The third-order valence-electron chi connectivity index (χ3n) is 13.7. The summed E-state index contributed by atoms with van der Waals surface area (Å²) in [5.41, 5.74) is 1.37. The van der Waals surface area contributed by atoms with Crippen LogP contribution in [-0.4, -0.2) is 69.2 Å². The molecule has 252 valence electrons. The number of aliphatic hydroxyl groups is 1. The molecule has 4 fully saturated rings. The van der Waals surface area contributed by atoms with Crippen LogP contribution in [0, 0.1) is 17.3 Å². The summed E-state index contributed by atoms with van der Waals surface area (Å²) in [5.74, 6) is -0.837. The minimum atomic E-state index is -1.71. The number of benzene rings is 2. The van der Waals surface area contributed by atoms with Crippen molar-refractivity contribution < 1.29 is 28.9 Å². The van der Waals surface area contributed by atoms with Crippen molar-refractivity contribution in [1.82, 2.24) is 9.88 Å². The van der Waals surface area contributed by atoms with Crippen LogP contribution < -0.4 is 0 Å². The zero-order valence-electron chi connectivity index (χ0n) is 28.4. The van der Waals surface area contributed by atoms with Gasteiger partial charge in [0.2, 0.25) is 0 Å². The van der Waals surface area contributed by atoms with Crippen molar-refractivity contribution in [3.05, 3.63) is 83.1 Å². The van der Waals surface area contributed by atoms with Crippen LogP contribution >= 0.6 is 0 Å². The van der Waals surface area contributed by atoms with E-state index in [0.29, 0.717) is 43.8 Å². The number of para-hydroxylation sites is 1. The van der Waals surface area contributed by atoms with E-state index < -0.39 is 46.1 Å². The highest BCUT2D eigenvalue weighted by Crippen LogP contribution is 2.72. The van der Waals surface area contributed by atoms with Gasteiger partial charge in [-0.2, -0.15) is 0 Å². The molecule has 2 aromatic carbocycles. The molecule has 3 aliphatic heterocycles. The number of nitrogens with zero attached hydrogens (tertiary/aromatic N) is 1. The summed E-state index contributed by atoms with van der Waals surface area (Å²) in [5, 5.41) is 14.8. The second kappa shape index (κ2) is 10.1. The number of piperidine rings is 1. The van der Waals surface area contributed by atoms with Crippen LogP contribution in [0.5, 0.6) is 0 Å². The number of hydrogen-bond acceptors (Lipinski definition) is 6. The Morgan fingerprint density at radius 3 is 2.52 bits per heavy atom. The lowest BCUT2D eigenvalue weighted by molar-refractivity contribution is -0.274. The Kier molecular flexibility index (Phi) is 6.40. The van der Waals surface area contributed by atoms with Crippen molar-refractivity contribution in [1.29, 1.82) is 0 Å². The van der Waals surface area contributed by atoms with Crippen LogP contribution in [0.2, 0.25) is 0 Å². The molecule has 8 nitrogen and oxygen atoms in total. The Balaban J connectivity index is 1.08. The van der Waals surface area contributed by atoms with E-state index >= 15 is 0 Å². The van der Waals surface area contributed by atoms with Gasteiger partial charge >= 0.3 is 6.09 Å². The molecule has 0 radical (unpaired) electrons. The molecule has 1 unspecified atom stereocenters. The number of nitrogens with one attached hydrogen (secondary N) is 1. The summed E-state index contributed by atoms with van der Waals surface area (Å²) in [4.78, 5) is 33.4. The van der Waals surface area contributed by atoms with Crippen LogP contribution in [0.15, 0.2) is 66.2 Å². The van der Waals surface area contributed by atoms with Crippen LogP contribution in [0.25, 0.3) is 10.9 Å². The molecule has 3 aromatic rings. The first-order valence-corrected chi connectivity index (χ1v) is 17.9. The number of hydrogen-bond donors (Lipinski definition) is 2. The number of fused-ring (bicyclic) bond motifs is 9. The molecule has 1 aromatic heterocycles. The first kappa shape index (κ1) is 30.6. The van der Waals surface area contributed by atoms with Gasteiger partial charge in [0.05, 0.1) is 0 Å². The predicted molar refractivity (Wildman–Crippen MR) is 180 cm³/mol. The predicted octanol–water partition coefficient (Wildman–Crippen LogP) is 6.39. The van der Waals surface area contributed by atoms with Gasteiger partial charge in [-0.25, -0.2) is 4.79 Å². The Labute approximate surface area is 281 Å². The summed E-state index contributed by atoms with van der Waals surface area (Å²) < 4.78 is 19.7. The highest BCUT2D eigenvalue weighted by Gasteiger charge is 2.78. The first-order chi connectivity index (χ1) is 22.9. The quantitative estimate of drug-likeness (QED) is 0.341. The lowest BCUT2D eigenvalue weighted by Crippen LogP contribution is -2.75. The number of rotatable bonds is 3. The second-order valence-electron chi connectivity index (χ2n) is 16.4. The number of amides is 1. The third kappa shape index (κ3) is 3.88. The molecule has 6 aliphatic rings. The maximum absolute atomic E-state index is 14.1. The highest BCUT2D eigenvalue weighted by atomic mass is 16.8. The number of ketones is 1. The molecule has 48 heavy (non-hydrogen) atoms. The number of H-pyrrole nitrogens is 1. The van der Waals surface area contributed by atoms with Crippen molar-refractivity contribution >= 4 is 22.8 Å². The number of carbonyl (C=O) groups is 2. The summed E-state index contributed by atoms with van der Waals surface area (Å²) in [7, 11) is 0. The fourth-order valence-electron chi connectivity index (χ4n) is 11.0. The SMILES string of the molecule is CC1(C)O[C@@]23CC[C@]4(C)[C@@]5(C)c6[nH]c7ccccc7c6C[C@@H]5CC(OC(=O)N5CCC(Cc6ccccc6)CC5)[C@@]4(O)C2=CC(=O)[C@@H]1O3. The Morgan fingerprint density at radius 1 is 1.02 bits per heavy atom. The van der Waals surface area contributed by atoms with Crippen molar-refractivity contribution in [3.8, 4) is 0 Å². The van der Waals surface area contributed by atoms with E-state index in [1.54, 1.807) is 11.0 Å². The molecule has 2 saturated heterocycles. The Hall–Kier alpha value is -3.46. The van der Waals surface area contributed by atoms with Gasteiger partial charge in [-0.1, -0.05) is 62.4 Å². The Morgan fingerprint density at radius 2 is 1.75 bits per heavy atom. The normalized spacial score (nSPS) is 38.2. The number of aromatic nitrogens is 1. The third-order valence-corrected chi connectivity index (χ3v) is 13.7.